The van der Waals surface area contributed by atoms with E-state index >= 15 is 0 Å². The van der Waals surface area contributed by atoms with Crippen molar-refractivity contribution in [3.63, 3.8) is 0 Å². The Bertz CT molecular complexity index is 2330. The van der Waals surface area contributed by atoms with Crippen LogP contribution >= 0.6 is 11.6 Å². The summed E-state index contributed by atoms with van der Waals surface area (Å²) in [7, 11) is 3.24. The number of imidazole rings is 1. The van der Waals surface area contributed by atoms with Gasteiger partial charge in [0.15, 0.2) is 11.5 Å². The molecule has 1 saturated heterocycles. The van der Waals surface area contributed by atoms with Gasteiger partial charge in [0.1, 0.15) is 5.54 Å². The molecule has 0 unspecified atom stereocenters. The Balaban J connectivity index is 1.13. The minimum Gasteiger partial charge on any atom is -0.493 e. The van der Waals surface area contributed by atoms with Crippen LogP contribution in [0.3, 0.4) is 0 Å². The predicted molar refractivity (Wildman–Crippen MR) is 217 cm³/mol. The second-order valence-corrected chi connectivity index (χ2v) is 14.2. The van der Waals surface area contributed by atoms with E-state index in [9.17, 15) is 4.79 Å². The number of hydrogen-bond donors (Lipinski definition) is 0. The van der Waals surface area contributed by atoms with Crippen LogP contribution in [-0.4, -0.2) is 70.5 Å². The van der Waals surface area contributed by atoms with E-state index in [1.54, 1.807) is 14.2 Å². The zero-order valence-corrected chi connectivity index (χ0v) is 32.0. The molecule has 9 nitrogen and oxygen atoms in total. The summed E-state index contributed by atoms with van der Waals surface area (Å²) >= 11 is 6.42. The molecule has 1 aliphatic heterocycles. The van der Waals surface area contributed by atoms with Gasteiger partial charge in [-0.2, -0.15) is 5.10 Å². The van der Waals surface area contributed by atoms with Crippen molar-refractivity contribution in [3.05, 3.63) is 173 Å². The quantitative estimate of drug-likeness (QED) is 0.125. The largest absolute Gasteiger partial charge is 0.493 e. The summed E-state index contributed by atoms with van der Waals surface area (Å²) < 4.78 is 15.5. The summed E-state index contributed by atoms with van der Waals surface area (Å²) in [4.78, 5) is 23.1. The fourth-order valence-electron chi connectivity index (χ4n) is 7.98. The van der Waals surface area contributed by atoms with Gasteiger partial charge in [-0.25, -0.2) is 4.98 Å². The van der Waals surface area contributed by atoms with Crippen molar-refractivity contribution in [2.45, 2.75) is 25.4 Å². The first kappa shape index (κ1) is 35.9. The lowest BCUT2D eigenvalue weighted by atomic mass is 9.77. The maximum Gasteiger partial charge on any atom is 0.228 e. The third-order valence-electron chi connectivity index (χ3n) is 10.8. The van der Waals surface area contributed by atoms with E-state index in [0.29, 0.717) is 36.8 Å². The average molecular weight is 751 g/mol. The summed E-state index contributed by atoms with van der Waals surface area (Å²) in [6.07, 6.45) is 4.17. The van der Waals surface area contributed by atoms with Gasteiger partial charge in [0, 0.05) is 54.5 Å². The van der Waals surface area contributed by atoms with E-state index in [1.165, 1.54) is 0 Å². The van der Waals surface area contributed by atoms with Crippen LogP contribution in [0.2, 0.25) is 5.02 Å². The molecule has 0 bridgehead atoms. The molecule has 0 N–H and O–H groups in total. The third kappa shape index (κ3) is 6.69. The maximum absolute atomic E-state index is 13.9. The van der Waals surface area contributed by atoms with E-state index in [4.69, 9.17) is 31.2 Å². The van der Waals surface area contributed by atoms with Crippen molar-refractivity contribution >= 4 is 34.1 Å². The number of aromatic nitrogens is 4. The number of halogens is 1. The first-order valence-corrected chi connectivity index (χ1v) is 18.9. The first-order chi connectivity index (χ1) is 26.9. The Labute approximate surface area is 326 Å². The van der Waals surface area contributed by atoms with Crippen molar-refractivity contribution < 1.29 is 14.3 Å². The number of fused-ring (bicyclic) bond motifs is 1. The summed E-state index contributed by atoms with van der Waals surface area (Å²) in [6, 6.07) is 41.4. The number of anilines is 1. The third-order valence-corrected chi connectivity index (χ3v) is 11.2. The van der Waals surface area contributed by atoms with Gasteiger partial charge in [-0.05, 0) is 47.4 Å². The van der Waals surface area contributed by atoms with Gasteiger partial charge in [0.25, 0.3) is 0 Å². The number of hydrogen-bond acceptors (Lipinski definition) is 6. The summed E-state index contributed by atoms with van der Waals surface area (Å²) in [5.74, 6) is 1.20. The molecule has 7 aromatic rings. The van der Waals surface area contributed by atoms with Crippen LogP contribution < -0.4 is 14.4 Å². The molecule has 0 atom stereocenters. The minimum atomic E-state index is -0.690. The number of carbonyl (C=O) groups excluding carboxylic acids is 1. The first-order valence-electron chi connectivity index (χ1n) is 18.5. The number of nitrogens with zero attached hydrogens (tertiary/aromatic N) is 6. The number of benzene rings is 5. The maximum atomic E-state index is 13.9. The van der Waals surface area contributed by atoms with Crippen LogP contribution in [0.15, 0.2) is 134 Å². The van der Waals surface area contributed by atoms with Gasteiger partial charge in [-0.1, -0.05) is 109 Å². The molecule has 3 heterocycles. The van der Waals surface area contributed by atoms with E-state index < -0.39 is 5.54 Å². The smallest absolute Gasteiger partial charge is 0.228 e. The lowest BCUT2D eigenvalue weighted by Crippen LogP contribution is -2.49. The Hall–Kier alpha value is -6.06. The monoisotopic (exact) mass is 750 g/mol. The van der Waals surface area contributed by atoms with Crippen LogP contribution in [0.1, 0.15) is 33.6 Å². The van der Waals surface area contributed by atoms with Crippen LogP contribution in [0.25, 0.3) is 10.9 Å². The van der Waals surface area contributed by atoms with E-state index in [0.717, 1.165) is 62.7 Å². The Morgan fingerprint density at radius 3 is 1.93 bits per heavy atom. The summed E-state index contributed by atoms with van der Waals surface area (Å²) in [5.41, 5.74) is 7.15. The van der Waals surface area contributed by atoms with Crippen LogP contribution in [0, 0.1) is 6.92 Å². The van der Waals surface area contributed by atoms with E-state index in [-0.39, 0.29) is 12.3 Å². The zero-order chi connectivity index (χ0) is 37.9. The standard InChI is InChI=1S/C45H43ClN6O3/c1-32-38(46)20-13-21-40(32)49-22-24-50(25-23-49)44(53)27-39-37-26-42(54-2)43(55-3)28-41(37)52(48-39)30-36-29-51(31-47-36)45(33-14-7-4-8-15-33,34-16-9-5-10-17-34)35-18-11-6-12-19-35/h4-21,26,28-29,31H,22-25,27,30H2,1-3H3. The van der Waals surface area contributed by atoms with Gasteiger partial charge < -0.3 is 23.8 Å². The fourth-order valence-corrected chi connectivity index (χ4v) is 8.14. The highest BCUT2D eigenvalue weighted by molar-refractivity contribution is 6.31. The molecule has 0 saturated carbocycles. The number of ether oxygens (including phenoxy) is 2. The second-order valence-electron chi connectivity index (χ2n) is 13.8. The molecule has 8 rings (SSSR count). The SMILES string of the molecule is COc1cc2c(CC(=O)N3CCN(c4cccc(Cl)c4C)CC3)nn(Cc3cn(C(c4ccccc4)(c4ccccc4)c4ccccc4)cn3)c2cc1OC. The number of amides is 1. The van der Waals surface area contributed by atoms with Crippen molar-refractivity contribution in [1.82, 2.24) is 24.2 Å². The highest BCUT2D eigenvalue weighted by Gasteiger charge is 2.38. The molecule has 0 spiro atoms. The normalized spacial score (nSPS) is 13.3. The lowest BCUT2D eigenvalue weighted by Gasteiger charge is -2.37. The molecule has 1 aliphatic rings. The predicted octanol–water partition coefficient (Wildman–Crippen LogP) is 7.99. The number of piperazine rings is 1. The Kier molecular flexibility index (Phi) is 10.0. The Morgan fingerprint density at radius 2 is 1.35 bits per heavy atom. The summed E-state index contributed by atoms with van der Waals surface area (Å²) in [6.45, 7) is 5.10. The van der Waals surface area contributed by atoms with Crippen molar-refractivity contribution in [3.8, 4) is 11.5 Å². The number of methoxy groups -OCH3 is 2. The zero-order valence-electron chi connectivity index (χ0n) is 31.2. The van der Waals surface area contributed by atoms with Gasteiger partial charge in [0.05, 0.1) is 50.4 Å². The van der Waals surface area contributed by atoms with Crippen molar-refractivity contribution in [2.24, 2.45) is 0 Å². The highest BCUT2D eigenvalue weighted by Crippen LogP contribution is 2.41. The molecule has 5 aromatic carbocycles. The second kappa shape index (κ2) is 15.4. The molecular weight excluding hydrogens is 708 g/mol. The average Bonchev–Trinajstić information content (AvgIpc) is 3.84. The highest BCUT2D eigenvalue weighted by atomic mass is 35.5. The lowest BCUT2D eigenvalue weighted by molar-refractivity contribution is -0.130. The molecule has 0 radical (unpaired) electrons. The van der Waals surface area contributed by atoms with Crippen molar-refractivity contribution in [2.75, 3.05) is 45.3 Å². The van der Waals surface area contributed by atoms with Crippen LogP contribution in [0.4, 0.5) is 5.69 Å². The molecule has 278 valence electrons. The molecule has 1 amide bonds. The molecular formula is C45H43ClN6O3. The van der Waals surface area contributed by atoms with E-state index in [2.05, 4.69) is 94.5 Å². The fraction of sp³-hybridized carbons (Fsp3) is 0.222. The van der Waals surface area contributed by atoms with Crippen LogP contribution in [-0.2, 0) is 23.3 Å². The Morgan fingerprint density at radius 1 is 0.764 bits per heavy atom. The van der Waals surface area contributed by atoms with Gasteiger partial charge in [-0.15, -0.1) is 0 Å². The molecule has 1 fully saturated rings. The molecule has 0 aliphatic carbocycles. The van der Waals surface area contributed by atoms with Gasteiger partial charge in [-0.3, -0.25) is 9.48 Å². The van der Waals surface area contributed by atoms with E-state index in [1.807, 2.05) is 65.3 Å². The van der Waals surface area contributed by atoms with Gasteiger partial charge >= 0.3 is 0 Å². The summed E-state index contributed by atoms with van der Waals surface area (Å²) in [5, 5.41) is 6.67. The minimum absolute atomic E-state index is 0.0337. The van der Waals surface area contributed by atoms with Gasteiger partial charge in [0.2, 0.25) is 5.91 Å². The topological polar surface area (TPSA) is 77.7 Å². The van der Waals surface area contributed by atoms with Crippen LogP contribution in [0.5, 0.6) is 11.5 Å². The number of rotatable bonds is 11. The molecule has 10 heteroatoms. The molecule has 55 heavy (non-hydrogen) atoms. The number of carbonyl (C=O) groups is 1. The van der Waals surface area contributed by atoms with Crippen molar-refractivity contribution in [1.29, 1.82) is 0 Å². The molecule has 2 aromatic heterocycles.